The van der Waals surface area contributed by atoms with Gasteiger partial charge in [-0.25, -0.2) is 5.43 Å². The molecular weight excluding hydrogens is 202 g/mol. The smallest absolute Gasteiger partial charge is 0.239 e. The third-order valence-corrected chi connectivity index (χ3v) is 2.77. The lowest BCUT2D eigenvalue weighted by molar-refractivity contribution is -0.120. The lowest BCUT2D eigenvalue weighted by Crippen LogP contribution is -2.23. The van der Waals surface area contributed by atoms with Crippen molar-refractivity contribution in [3.05, 3.63) is 35.4 Å². The van der Waals surface area contributed by atoms with Crippen molar-refractivity contribution in [3.63, 3.8) is 0 Å². The molecule has 0 radical (unpaired) electrons. The van der Waals surface area contributed by atoms with E-state index in [1.54, 1.807) is 6.92 Å². The van der Waals surface area contributed by atoms with Gasteiger partial charge in [-0.1, -0.05) is 31.2 Å². The minimum absolute atomic E-state index is 0.0874. The molecule has 0 saturated carbocycles. The molecule has 0 heterocycles. The van der Waals surface area contributed by atoms with Crippen LogP contribution in [0.4, 0.5) is 0 Å². The molecule has 1 aliphatic rings. The number of nitrogens with zero attached hydrogens (tertiary/aromatic N) is 1. The van der Waals surface area contributed by atoms with Crippen molar-refractivity contribution < 1.29 is 4.79 Å². The molecule has 0 fully saturated rings. The van der Waals surface area contributed by atoms with E-state index in [1.165, 1.54) is 5.56 Å². The number of benzene rings is 1. The predicted molar refractivity (Wildman–Crippen MR) is 62.9 cm³/mol. The molecule has 1 aromatic carbocycles. The Morgan fingerprint density at radius 3 is 3.00 bits per heavy atom. The van der Waals surface area contributed by atoms with Gasteiger partial charge < -0.3 is 5.73 Å². The zero-order valence-corrected chi connectivity index (χ0v) is 9.23. The molecule has 1 aromatic rings. The predicted octanol–water partition coefficient (Wildman–Crippen LogP) is 1.12. The fourth-order valence-corrected chi connectivity index (χ4v) is 1.81. The Bertz CT molecular complexity index is 440. The summed E-state index contributed by atoms with van der Waals surface area (Å²) < 4.78 is 0. The van der Waals surface area contributed by atoms with E-state index in [4.69, 9.17) is 5.73 Å². The summed E-state index contributed by atoms with van der Waals surface area (Å²) in [5.41, 5.74) is 11.7. The van der Waals surface area contributed by atoms with Gasteiger partial charge in [-0.3, -0.25) is 4.79 Å². The largest absolute Gasteiger partial charge is 0.319 e. The van der Waals surface area contributed by atoms with E-state index >= 15 is 0 Å². The highest BCUT2D eigenvalue weighted by atomic mass is 16.2. The van der Waals surface area contributed by atoms with Crippen LogP contribution in [0.3, 0.4) is 0 Å². The number of carbonyl (C=O) groups excluding carboxylic acids is 1. The quantitative estimate of drug-likeness (QED) is 0.729. The van der Waals surface area contributed by atoms with E-state index in [0.29, 0.717) is 6.42 Å². The van der Waals surface area contributed by atoms with Gasteiger partial charge in [-0.15, -0.1) is 0 Å². The number of nitrogens with one attached hydrogen (secondary N) is 1. The van der Waals surface area contributed by atoms with E-state index in [0.717, 1.165) is 17.7 Å². The summed E-state index contributed by atoms with van der Waals surface area (Å²) in [6, 6.07) is 7.81. The van der Waals surface area contributed by atoms with Crippen LogP contribution in [-0.2, 0) is 11.2 Å². The molecule has 4 heteroatoms. The Kier molecular flexibility index (Phi) is 3.01. The Balaban J connectivity index is 2.15. The Morgan fingerprint density at radius 1 is 1.56 bits per heavy atom. The van der Waals surface area contributed by atoms with Crippen LogP contribution in [0.25, 0.3) is 0 Å². The SMILES string of the molecule is CCC(=O)N/N=C1/Cc2ccccc2C1N. The van der Waals surface area contributed by atoms with Crippen molar-refractivity contribution in [1.82, 2.24) is 5.43 Å². The molecule has 0 aromatic heterocycles. The van der Waals surface area contributed by atoms with Gasteiger partial charge in [0.05, 0.1) is 11.8 Å². The van der Waals surface area contributed by atoms with Gasteiger partial charge in [0.1, 0.15) is 0 Å². The normalized spacial score (nSPS) is 20.9. The second-order valence-corrected chi connectivity index (χ2v) is 3.84. The van der Waals surface area contributed by atoms with E-state index in [1.807, 2.05) is 24.3 Å². The first-order valence-electron chi connectivity index (χ1n) is 5.41. The lowest BCUT2D eigenvalue weighted by atomic mass is 10.1. The first kappa shape index (κ1) is 10.8. The summed E-state index contributed by atoms with van der Waals surface area (Å²) in [5.74, 6) is -0.0874. The fourth-order valence-electron chi connectivity index (χ4n) is 1.81. The zero-order chi connectivity index (χ0) is 11.5. The standard InChI is InChI=1S/C12H15N3O/c1-2-11(16)15-14-10-7-8-5-3-4-6-9(8)12(10)13/h3-6,12H,2,7,13H2,1H3,(H,15,16)/b14-10-. The number of fused-ring (bicyclic) bond motifs is 1. The monoisotopic (exact) mass is 217 g/mol. The number of amides is 1. The summed E-state index contributed by atoms with van der Waals surface area (Å²) in [6.45, 7) is 1.79. The molecule has 16 heavy (non-hydrogen) atoms. The van der Waals surface area contributed by atoms with Gasteiger partial charge in [0.15, 0.2) is 0 Å². The Morgan fingerprint density at radius 2 is 2.31 bits per heavy atom. The molecule has 1 amide bonds. The molecule has 2 rings (SSSR count). The summed E-state index contributed by atoms with van der Waals surface area (Å²) in [5, 5.41) is 4.08. The van der Waals surface area contributed by atoms with Crippen molar-refractivity contribution >= 4 is 11.6 Å². The van der Waals surface area contributed by atoms with Gasteiger partial charge in [0.2, 0.25) is 5.91 Å². The second-order valence-electron chi connectivity index (χ2n) is 3.84. The maximum atomic E-state index is 11.1. The van der Waals surface area contributed by atoms with E-state index < -0.39 is 0 Å². The molecule has 0 spiro atoms. The number of carbonyl (C=O) groups is 1. The maximum absolute atomic E-state index is 11.1. The molecule has 84 valence electrons. The highest BCUT2D eigenvalue weighted by Gasteiger charge is 2.25. The fraction of sp³-hybridized carbons (Fsp3) is 0.333. The molecule has 1 atom stereocenters. The third kappa shape index (κ3) is 1.97. The number of hydrogen-bond donors (Lipinski definition) is 2. The van der Waals surface area contributed by atoms with Crippen LogP contribution >= 0.6 is 0 Å². The van der Waals surface area contributed by atoms with E-state index in [9.17, 15) is 4.79 Å². The number of hydrogen-bond acceptors (Lipinski definition) is 3. The van der Waals surface area contributed by atoms with Gasteiger partial charge in [-0.2, -0.15) is 5.10 Å². The number of nitrogens with two attached hydrogens (primary N) is 1. The molecule has 1 aliphatic carbocycles. The van der Waals surface area contributed by atoms with Gasteiger partial charge in [0, 0.05) is 12.8 Å². The molecular formula is C12H15N3O. The van der Waals surface area contributed by atoms with Crippen LogP contribution in [0.1, 0.15) is 30.5 Å². The molecule has 4 nitrogen and oxygen atoms in total. The van der Waals surface area contributed by atoms with Gasteiger partial charge in [0.25, 0.3) is 0 Å². The highest BCUT2D eigenvalue weighted by molar-refractivity contribution is 5.97. The highest BCUT2D eigenvalue weighted by Crippen LogP contribution is 2.26. The Hall–Kier alpha value is -1.68. The van der Waals surface area contributed by atoms with Crippen molar-refractivity contribution in [2.24, 2.45) is 10.8 Å². The average Bonchev–Trinajstić information content (AvgIpc) is 2.64. The van der Waals surface area contributed by atoms with E-state index in [2.05, 4.69) is 10.5 Å². The second kappa shape index (κ2) is 4.45. The summed E-state index contributed by atoms with van der Waals surface area (Å²) in [7, 11) is 0. The third-order valence-electron chi connectivity index (χ3n) is 2.77. The first-order valence-corrected chi connectivity index (χ1v) is 5.41. The lowest BCUT2D eigenvalue weighted by Gasteiger charge is -2.05. The van der Waals surface area contributed by atoms with E-state index in [-0.39, 0.29) is 11.9 Å². The van der Waals surface area contributed by atoms with Gasteiger partial charge in [-0.05, 0) is 11.1 Å². The zero-order valence-electron chi connectivity index (χ0n) is 9.23. The number of rotatable bonds is 2. The summed E-state index contributed by atoms with van der Waals surface area (Å²) in [6.07, 6.45) is 1.15. The first-order chi connectivity index (χ1) is 7.72. The minimum atomic E-state index is -0.187. The maximum Gasteiger partial charge on any atom is 0.239 e. The van der Waals surface area contributed by atoms with Crippen LogP contribution in [0.5, 0.6) is 0 Å². The van der Waals surface area contributed by atoms with Crippen LogP contribution in [0.15, 0.2) is 29.4 Å². The van der Waals surface area contributed by atoms with Crippen molar-refractivity contribution in [3.8, 4) is 0 Å². The molecule has 0 aliphatic heterocycles. The molecule has 0 saturated heterocycles. The summed E-state index contributed by atoms with van der Waals surface area (Å²) in [4.78, 5) is 11.1. The van der Waals surface area contributed by atoms with Gasteiger partial charge >= 0.3 is 0 Å². The Labute approximate surface area is 94.5 Å². The molecule has 1 unspecified atom stereocenters. The molecule has 0 bridgehead atoms. The summed E-state index contributed by atoms with van der Waals surface area (Å²) >= 11 is 0. The topological polar surface area (TPSA) is 67.5 Å². The minimum Gasteiger partial charge on any atom is -0.319 e. The van der Waals surface area contributed by atoms with Crippen LogP contribution < -0.4 is 11.2 Å². The molecule has 3 N–H and O–H groups in total. The van der Waals surface area contributed by atoms with Crippen molar-refractivity contribution in [2.75, 3.05) is 0 Å². The van der Waals surface area contributed by atoms with Crippen molar-refractivity contribution in [1.29, 1.82) is 0 Å². The van der Waals surface area contributed by atoms with Crippen LogP contribution in [0.2, 0.25) is 0 Å². The van der Waals surface area contributed by atoms with Crippen LogP contribution in [-0.4, -0.2) is 11.6 Å². The van der Waals surface area contributed by atoms with Crippen molar-refractivity contribution in [2.45, 2.75) is 25.8 Å². The average molecular weight is 217 g/mol. The van der Waals surface area contributed by atoms with Crippen LogP contribution in [0, 0.1) is 0 Å². The number of hydrazone groups is 1.